The Bertz CT molecular complexity index is 1280. The quantitative estimate of drug-likeness (QED) is 0.451. The fourth-order valence-electron chi connectivity index (χ4n) is 4.02. The Labute approximate surface area is 188 Å². The number of benzene rings is 1. The minimum atomic E-state index is -0.0480. The van der Waals surface area contributed by atoms with E-state index in [9.17, 15) is 4.79 Å². The third-order valence-corrected chi connectivity index (χ3v) is 5.88. The molecule has 166 valence electrons. The third kappa shape index (κ3) is 3.90. The van der Waals surface area contributed by atoms with Crippen LogP contribution in [0, 0.1) is 20.8 Å². The summed E-state index contributed by atoms with van der Waals surface area (Å²) in [7, 11) is 1.84. The highest BCUT2D eigenvalue weighted by atomic mass is 16.2. The number of aryl methyl sites for hydroxylation is 5. The first-order chi connectivity index (χ1) is 15.3. The van der Waals surface area contributed by atoms with Gasteiger partial charge in [-0.15, -0.1) is 0 Å². The molecule has 0 aliphatic carbocycles. The van der Waals surface area contributed by atoms with Gasteiger partial charge in [0.05, 0.1) is 28.0 Å². The van der Waals surface area contributed by atoms with Gasteiger partial charge in [0.15, 0.2) is 5.65 Å². The smallest absolute Gasteiger partial charge is 0.254 e. The molecule has 0 unspecified atom stereocenters. The largest absolute Gasteiger partial charge is 0.337 e. The van der Waals surface area contributed by atoms with E-state index in [1.165, 1.54) is 5.56 Å². The minimum absolute atomic E-state index is 0.0480. The lowest BCUT2D eigenvalue weighted by molar-refractivity contribution is 0.0786. The lowest BCUT2D eigenvalue weighted by atomic mass is 10.0. The van der Waals surface area contributed by atoms with Crippen molar-refractivity contribution in [2.24, 2.45) is 0 Å². The van der Waals surface area contributed by atoms with Gasteiger partial charge in [-0.1, -0.05) is 29.8 Å². The number of pyridine rings is 1. The van der Waals surface area contributed by atoms with Crippen LogP contribution in [0.15, 0.2) is 36.5 Å². The molecule has 0 spiro atoms. The summed E-state index contributed by atoms with van der Waals surface area (Å²) in [6.07, 6.45) is 2.01. The Kier molecular flexibility index (Phi) is 5.82. The summed E-state index contributed by atoms with van der Waals surface area (Å²) >= 11 is 0. The Morgan fingerprint density at radius 2 is 1.72 bits per heavy atom. The van der Waals surface area contributed by atoms with Gasteiger partial charge < -0.3 is 4.90 Å². The molecule has 0 N–H and O–H groups in total. The molecule has 7 heteroatoms. The van der Waals surface area contributed by atoms with E-state index < -0.39 is 0 Å². The highest BCUT2D eigenvalue weighted by molar-refractivity contribution is 6.07. The maximum absolute atomic E-state index is 13.7. The summed E-state index contributed by atoms with van der Waals surface area (Å²) < 4.78 is 3.77. The van der Waals surface area contributed by atoms with E-state index in [4.69, 9.17) is 4.98 Å². The Hall–Kier alpha value is -3.48. The van der Waals surface area contributed by atoms with Crippen molar-refractivity contribution in [3.8, 4) is 11.3 Å². The Morgan fingerprint density at radius 3 is 2.34 bits per heavy atom. The topological polar surface area (TPSA) is 68.8 Å². The molecule has 4 rings (SSSR count). The van der Waals surface area contributed by atoms with Gasteiger partial charge in [-0.25, -0.2) is 9.67 Å². The predicted octanol–water partition coefficient (Wildman–Crippen LogP) is 4.53. The number of carbonyl (C=O) groups excluding carboxylic acids is 1. The SMILES string of the molecule is CCn1cc(CN(C)C(=O)c2cc(-c3ccc(C)cc3)nc3c2c(C)nn3CC)c(C)n1. The van der Waals surface area contributed by atoms with Gasteiger partial charge in [0.2, 0.25) is 0 Å². The zero-order chi connectivity index (χ0) is 23.0. The zero-order valence-corrected chi connectivity index (χ0v) is 19.7. The molecule has 32 heavy (non-hydrogen) atoms. The number of fused-ring (bicyclic) bond motifs is 1. The lowest BCUT2D eigenvalue weighted by Crippen LogP contribution is -2.26. The van der Waals surface area contributed by atoms with Crippen LogP contribution in [0.4, 0.5) is 0 Å². The molecule has 1 amide bonds. The molecular weight excluding hydrogens is 400 g/mol. The standard InChI is InChI=1S/C25H30N6O/c1-7-30-15-20(17(4)27-30)14-29(6)25(32)21-13-22(19-11-9-16(3)10-12-19)26-24-23(21)18(5)28-31(24)8-2/h9-13,15H,7-8,14H2,1-6H3. The molecule has 0 fully saturated rings. The number of rotatable bonds is 6. The van der Waals surface area contributed by atoms with Crippen molar-refractivity contribution >= 4 is 16.9 Å². The average Bonchev–Trinajstić information content (AvgIpc) is 3.31. The van der Waals surface area contributed by atoms with Crippen molar-refractivity contribution in [2.45, 2.75) is 54.3 Å². The maximum atomic E-state index is 13.7. The second-order valence-electron chi connectivity index (χ2n) is 8.28. The first-order valence-electron chi connectivity index (χ1n) is 11.1. The van der Waals surface area contributed by atoms with Crippen LogP contribution in [0.2, 0.25) is 0 Å². The Morgan fingerprint density at radius 1 is 1.00 bits per heavy atom. The van der Waals surface area contributed by atoms with E-state index in [0.717, 1.165) is 45.8 Å². The number of carbonyl (C=O) groups is 1. The van der Waals surface area contributed by atoms with Crippen LogP contribution in [0.3, 0.4) is 0 Å². The second-order valence-corrected chi connectivity index (χ2v) is 8.28. The molecule has 0 saturated carbocycles. The van der Waals surface area contributed by atoms with Crippen LogP contribution in [0.5, 0.6) is 0 Å². The first kappa shape index (κ1) is 21.7. The van der Waals surface area contributed by atoms with E-state index in [2.05, 4.69) is 36.2 Å². The van der Waals surface area contributed by atoms with E-state index >= 15 is 0 Å². The number of hydrogen-bond acceptors (Lipinski definition) is 4. The van der Waals surface area contributed by atoms with E-state index in [0.29, 0.717) is 18.7 Å². The van der Waals surface area contributed by atoms with Gasteiger partial charge in [-0.2, -0.15) is 10.2 Å². The molecule has 3 heterocycles. The van der Waals surface area contributed by atoms with Crippen LogP contribution in [0.1, 0.15) is 46.7 Å². The molecule has 0 saturated heterocycles. The fourth-order valence-corrected chi connectivity index (χ4v) is 4.02. The summed E-state index contributed by atoms with van der Waals surface area (Å²) in [5.41, 5.74) is 7.13. The molecule has 0 bridgehead atoms. The van der Waals surface area contributed by atoms with Crippen molar-refractivity contribution in [3.63, 3.8) is 0 Å². The zero-order valence-electron chi connectivity index (χ0n) is 19.7. The van der Waals surface area contributed by atoms with Crippen molar-refractivity contribution in [3.05, 3.63) is 64.6 Å². The van der Waals surface area contributed by atoms with Gasteiger partial charge in [0.1, 0.15) is 0 Å². The number of amides is 1. The van der Waals surface area contributed by atoms with E-state index in [-0.39, 0.29) is 5.91 Å². The average molecular weight is 431 g/mol. The summed E-state index contributed by atoms with van der Waals surface area (Å²) in [6.45, 7) is 12.1. The molecular formula is C25H30N6O. The summed E-state index contributed by atoms with van der Waals surface area (Å²) in [4.78, 5) is 20.3. The monoisotopic (exact) mass is 430 g/mol. The van der Waals surface area contributed by atoms with Gasteiger partial charge in [0, 0.05) is 44.0 Å². The molecule has 3 aromatic heterocycles. The molecule has 7 nitrogen and oxygen atoms in total. The van der Waals surface area contributed by atoms with E-state index in [1.807, 2.05) is 61.6 Å². The molecule has 0 atom stereocenters. The van der Waals surface area contributed by atoms with Crippen LogP contribution < -0.4 is 0 Å². The normalized spacial score (nSPS) is 11.3. The van der Waals surface area contributed by atoms with Gasteiger partial charge in [0.25, 0.3) is 5.91 Å². The number of aromatic nitrogens is 5. The molecule has 0 aliphatic heterocycles. The summed E-state index contributed by atoms with van der Waals surface area (Å²) in [5.74, 6) is -0.0480. The van der Waals surface area contributed by atoms with Gasteiger partial charge in [-0.3, -0.25) is 9.48 Å². The number of nitrogens with zero attached hydrogens (tertiary/aromatic N) is 6. The van der Waals surface area contributed by atoms with Crippen molar-refractivity contribution in [1.29, 1.82) is 0 Å². The lowest BCUT2D eigenvalue weighted by Gasteiger charge is -2.18. The van der Waals surface area contributed by atoms with Crippen molar-refractivity contribution < 1.29 is 4.79 Å². The molecule has 1 aromatic carbocycles. The van der Waals surface area contributed by atoms with Crippen LogP contribution in [-0.2, 0) is 19.6 Å². The predicted molar refractivity (Wildman–Crippen MR) is 127 cm³/mol. The molecule has 4 aromatic rings. The summed E-state index contributed by atoms with van der Waals surface area (Å²) in [6, 6.07) is 10.1. The van der Waals surface area contributed by atoms with Crippen molar-refractivity contribution in [1.82, 2.24) is 29.4 Å². The Balaban J connectivity index is 1.80. The van der Waals surface area contributed by atoms with Crippen LogP contribution in [-0.4, -0.2) is 42.4 Å². The van der Waals surface area contributed by atoms with Crippen molar-refractivity contribution in [2.75, 3.05) is 7.05 Å². The second kappa shape index (κ2) is 8.57. The van der Waals surface area contributed by atoms with Gasteiger partial charge in [-0.05, 0) is 40.7 Å². The fraction of sp³-hybridized carbons (Fsp3) is 0.360. The molecule has 0 radical (unpaired) electrons. The van der Waals surface area contributed by atoms with Crippen LogP contribution in [0.25, 0.3) is 22.3 Å². The van der Waals surface area contributed by atoms with Gasteiger partial charge >= 0.3 is 0 Å². The maximum Gasteiger partial charge on any atom is 0.254 e. The molecule has 0 aliphatic rings. The minimum Gasteiger partial charge on any atom is -0.337 e. The van der Waals surface area contributed by atoms with Crippen LogP contribution >= 0.6 is 0 Å². The highest BCUT2D eigenvalue weighted by Crippen LogP contribution is 2.28. The highest BCUT2D eigenvalue weighted by Gasteiger charge is 2.23. The summed E-state index contributed by atoms with van der Waals surface area (Å²) in [5, 5.41) is 9.97. The first-order valence-corrected chi connectivity index (χ1v) is 11.1. The number of hydrogen-bond donors (Lipinski definition) is 0. The van der Waals surface area contributed by atoms with E-state index in [1.54, 1.807) is 4.90 Å². The third-order valence-electron chi connectivity index (χ3n) is 5.88.